The summed E-state index contributed by atoms with van der Waals surface area (Å²) in [5, 5.41) is 2.71. The fourth-order valence-electron chi connectivity index (χ4n) is 2.01. The van der Waals surface area contributed by atoms with E-state index in [0.29, 0.717) is 0 Å². The van der Waals surface area contributed by atoms with Crippen molar-refractivity contribution in [2.45, 2.75) is 31.7 Å². The Balaban J connectivity index is 1.93. The average molecular weight is 251 g/mol. The quantitative estimate of drug-likeness (QED) is 0.822. The molecule has 0 bridgehead atoms. The Kier molecular flexibility index (Phi) is 3.15. The minimum absolute atomic E-state index is 0.111. The molecule has 0 saturated heterocycles. The number of hydrogen-bond donors (Lipinski definition) is 1. The molecular formula is C13H17NO4. The summed E-state index contributed by atoms with van der Waals surface area (Å²) in [7, 11) is 1.30. The fraction of sp³-hybridized carbons (Fsp3) is 0.538. The highest BCUT2D eigenvalue weighted by Gasteiger charge is 2.47. The topological polar surface area (TPSA) is 68.5 Å². The Bertz CT molecular complexity index is 450. The van der Waals surface area contributed by atoms with E-state index in [1.54, 1.807) is 26.2 Å². The molecule has 0 spiro atoms. The summed E-state index contributed by atoms with van der Waals surface area (Å²) < 4.78 is 9.91. The summed E-state index contributed by atoms with van der Waals surface area (Å²) >= 11 is 0. The van der Waals surface area contributed by atoms with Crippen molar-refractivity contribution in [1.82, 2.24) is 5.32 Å². The third-order valence-electron chi connectivity index (χ3n) is 3.17. The SMILES string of the molecule is COC(=O)C(C)(C)NC(=O)C1CC1c1ccco1. The molecule has 1 aliphatic carbocycles. The number of amides is 1. The lowest BCUT2D eigenvalue weighted by Crippen LogP contribution is -2.51. The molecule has 1 aromatic rings. The summed E-state index contributed by atoms with van der Waals surface area (Å²) in [4.78, 5) is 23.5. The predicted molar refractivity (Wildman–Crippen MR) is 63.8 cm³/mol. The summed E-state index contributed by atoms with van der Waals surface area (Å²) in [5.41, 5.74) is -0.998. The zero-order valence-electron chi connectivity index (χ0n) is 10.7. The molecule has 5 heteroatoms. The molecule has 98 valence electrons. The van der Waals surface area contributed by atoms with Crippen molar-refractivity contribution in [2.24, 2.45) is 5.92 Å². The molecule has 1 aromatic heterocycles. The highest BCUT2D eigenvalue weighted by Crippen LogP contribution is 2.47. The molecule has 1 fully saturated rings. The van der Waals surface area contributed by atoms with Gasteiger partial charge in [-0.1, -0.05) is 0 Å². The van der Waals surface area contributed by atoms with Gasteiger partial charge in [0.15, 0.2) is 0 Å². The van der Waals surface area contributed by atoms with E-state index >= 15 is 0 Å². The minimum atomic E-state index is -0.998. The van der Waals surface area contributed by atoms with E-state index in [9.17, 15) is 9.59 Å². The maximum absolute atomic E-state index is 12.0. The van der Waals surface area contributed by atoms with Gasteiger partial charge < -0.3 is 14.5 Å². The van der Waals surface area contributed by atoms with Gasteiger partial charge in [0, 0.05) is 11.8 Å². The number of carbonyl (C=O) groups is 2. The first-order valence-corrected chi connectivity index (χ1v) is 5.89. The molecule has 2 unspecified atom stereocenters. The second kappa shape index (κ2) is 4.48. The van der Waals surface area contributed by atoms with Crippen molar-refractivity contribution in [3.8, 4) is 0 Å². The second-order valence-electron chi connectivity index (χ2n) is 5.07. The summed E-state index contributed by atoms with van der Waals surface area (Å²) in [5.74, 6) is 0.261. The molecule has 1 amide bonds. The van der Waals surface area contributed by atoms with Crippen molar-refractivity contribution in [3.05, 3.63) is 24.2 Å². The van der Waals surface area contributed by atoms with Gasteiger partial charge in [-0.2, -0.15) is 0 Å². The molecule has 18 heavy (non-hydrogen) atoms. The first-order valence-electron chi connectivity index (χ1n) is 5.89. The van der Waals surface area contributed by atoms with E-state index in [1.807, 2.05) is 6.07 Å². The standard InChI is InChI=1S/C13H17NO4/c1-13(2,12(16)17-3)14-11(15)9-7-8(9)10-5-4-6-18-10/h4-6,8-9H,7H2,1-3H3,(H,14,15). The van der Waals surface area contributed by atoms with Crippen molar-refractivity contribution >= 4 is 11.9 Å². The predicted octanol–water partition coefficient (Wildman–Crippen LogP) is 1.45. The van der Waals surface area contributed by atoms with Crippen LogP contribution in [0.3, 0.4) is 0 Å². The molecule has 0 radical (unpaired) electrons. The van der Waals surface area contributed by atoms with E-state index in [2.05, 4.69) is 10.1 Å². The zero-order chi connectivity index (χ0) is 13.3. The Morgan fingerprint density at radius 1 is 1.50 bits per heavy atom. The van der Waals surface area contributed by atoms with Gasteiger partial charge in [0.25, 0.3) is 0 Å². The van der Waals surface area contributed by atoms with Gasteiger partial charge >= 0.3 is 5.97 Å². The highest BCUT2D eigenvalue weighted by molar-refractivity contribution is 5.90. The number of methoxy groups -OCH3 is 1. The van der Waals surface area contributed by atoms with Gasteiger partial charge in [0.2, 0.25) is 5.91 Å². The number of hydrogen-bond acceptors (Lipinski definition) is 4. The molecule has 2 rings (SSSR count). The smallest absolute Gasteiger partial charge is 0.330 e. The normalized spacial score (nSPS) is 22.4. The molecule has 0 aromatic carbocycles. The van der Waals surface area contributed by atoms with E-state index in [1.165, 1.54) is 7.11 Å². The van der Waals surface area contributed by atoms with Crippen LogP contribution in [0.1, 0.15) is 31.9 Å². The summed E-state index contributed by atoms with van der Waals surface area (Å²) in [6.07, 6.45) is 2.36. The number of furan rings is 1. The molecule has 2 atom stereocenters. The maximum atomic E-state index is 12.0. The van der Waals surface area contributed by atoms with Crippen LogP contribution in [0.4, 0.5) is 0 Å². The van der Waals surface area contributed by atoms with Gasteiger partial charge in [-0.3, -0.25) is 4.79 Å². The Morgan fingerprint density at radius 3 is 2.78 bits per heavy atom. The van der Waals surface area contributed by atoms with Gasteiger partial charge in [-0.05, 0) is 32.4 Å². The van der Waals surface area contributed by atoms with Crippen LogP contribution in [0.5, 0.6) is 0 Å². The molecular weight excluding hydrogens is 234 g/mol. The Labute approximate surface area is 105 Å². The van der Waals surface area contributed by atoms with Crippen molar-refractivity contribution in [3.63, 3.8) is 0 Å². The maximum Gasteiger partial charge on any atom is 0.330 e. The number of carbonyl (C=O) groups excluding carboxylic acids is 2. The van der Waals surface area contributed by atoms with Crippen LogP contribution in [0.15, 0.2) is 22.8 Å². The van der Waals surface area contributed by atoms with Crippen LogP contribution in [-0.4, -0.2) is 24.5 Å². The minimum Gasteiger partial charge on any atom is -0.469 e. The van der Waals surface area contributed by atoms with Crippen LogP contribution in [-0.2, 0) is 14.3 Å². The van der Waals surface area contributed by atoms with Crippen LogP contribution in [0.2, 0.25) is 0 Å². The van der Waals surface area contributed by atoms with Crippen LogP contribution < -0.4 is 5.32 Å². The number of esters is 1. The first-order chi connectivity index (χ1) is 8.45. The van der Waals surface area contributed by atoms with E-state index in [0.717, 1.165) is 12.2 Å². The van der Waals surface area contributed by atoms with Crippen molar-refractivity contribution in [2.75, 3.05) is 7.11 Å². The molecule has 1 heterocycles. The summed E-state index contributed by atoms with van der Waals surface area (Å²) in [6.45, 7) is 3.25. The van der Waals surface area contributed by atoms with Gasteiger partial charge in [-0.15, -0.1) is 0 Å². The molecule has 1 N–H and O–H groups in total. The monoisotopic (exact) mass is 251 g/mol. The van der Waals surface area contributed by atoms with E-state index in [-0.39, 0.29) is 17.7 Å². The molecule has 1 saturated carbocycles. The van der Waals surface area contributed by atoms with Crippen LogP contribution in [0, 0.1) is 5.92 Å². The van der Waals surface area contributed by atoms with Gasteiger partial charge in [0.05, 0.1) is 13.4 Å². The van der Waals surface area contributed by atoms with Crippen LogP contribution in [0.25, 0.3) is 0 Å². The molecule has 1 aliphatic rings. The lowest BCUT2D eigenvalue weighted by molar-refractivity contribution is -0.149. The third kappa shape index (κ3) is 2.39. The lowest BCUT2D eigenvalue weighted by atomic mass is 10.1. The van der Waals surface area contributed by atoms with Gasteiger partial charge in [0.1, 0.15) is 11.3 Å². The first kappa shape index (κ1) is 12.7. The number of nitrogens with one attached hydrogen (secondary N) is 1. The van der Waals surface area contributed by atoms with E-state index < -0.39 is 11.5 Å². The average Bonchev–Trinajstić information content (AvgIpc) is 2.94. The summed E-state index contributed by atoms with van der Waals surface area (Å²) in [6, 6.07) is 3.67. The zero-order valence-corrected chi connectivity index (χ0v) is 10.7. The van der Waals surface area contributed by atoms with Crippen LogP contribution >= 0.6 is 0 Å². The molecule has 0 aliphatic heterocycles. The number of rotatable bonds is 4. The Hall–Kier alpha value is -1.78. The largest absolute Gasteiger partial charge is 0.469 e. The van der Waals surface area contributed by atoms with Crippen molar-refractivity contribution < 1.29 is 18.7 Å². The second-order valence-corrected chi connectivity index (χ2v) is 5.07. The third-order valence-corrected chi connectivity index (χ3v) is 3.17. The van der Waals surface area contributed by atoms with Gasteiger partial charge in [-0.25, -0.2) is 4.79 Å². The fourth-order valence-corrected chi connectivity index (χ4v) is 2.01. The highest BCUT2D eigenvalue weighted by atomic mass is 16.5. The molecule has 5 nitrogen and oxygen atoms in total. The van der Waals surface area contributed by atoms with Crippen molar-refractivity contribution in [1.29, 1.82) is 0 Å². The van der Waals surface area contributed by atoms with E-state index in [4.69, 9.17) is 4.42 Å². The Morgan fingerprint density at radius 2 is 2.22 bits per heavy atom. The number of ether oxygens (including phenoxy) is 1. The lowest BCUT2D eigenvalue weighted by Gasteiger charge is -2.23.